The molecule has 0 aliphatic carbocycles. The molecule has 1 aromatic heterocycles. The number of rotatable bonds is 2. The summed E-state index contributed by atoms with van der Waals surface area (Å²) in [6.45, 7) is 7.79. The lowest BCUT2D eigenvalue weighted by molar-refractivity contribution is -0.125. The van der Waals surface area contributed by atoms with Crippen LogP contribution in [0.25, 0.3) is 0 Å². The number of imide groups is 1. The van der Waals surface area contributed by atoms with Crippen molar-refractivity contribution < 1.29 is 14.1 Å². The monoisotopic (exact) mass is 251 g/mol. The summed E-state index contributed by atoms with van der Waals surface area (Å²) < 4.78 is 5.12. The maximum atomic E-state index is 11.9. The highest BCUT2D eigenvalue weighted by molar-refractivity contribution is 5.97. The third-order valence-electron chi connectivity index (χ3n) is 3.38. The van der Waals surface area contributed by atoms with Crippen LogP contribution in [0.2, 0.25) is 0 Å². The Bertz CT molecular complexity index is 475. The van der Waals surface area contributed by atoms with Gasteiger partial charge in [0.2, 0.25) is 5.91 Å². The number of aromatic nitrogens is 1. The Hall–Kier alpha value is -1.85. The zero-order valence-electron chi connectivity index (χ0n) is 11.0. The zero-order valence-corrected chi connectivity index (χ0v) is 11.0. The third kappa shape index (κ3) is 1.98. The quantitative estimate of drug-likeness (QED) is 0.865. The predicted molar refractivity (Wildman–Crippen MR) is 63.8 cm³/mol. The molecule has 98 valence electrons. The van der Waals surface area contributed by atoms with Crippen LogP contribution in [0.4, 0.5) is 4.79 Å². The minimum atomic E-state index is -0.356. The van der Waals surface area contributed by atoms with Gasteiger partial charge in [-0.1, -0.05) is 12.1 Å². The molecule has 0 bridgehead atoms. The van der Waals surface area contributed by atoms with Gasteiger partial charge in [-0.15, -0.1) is 0 Å². The second-order valence-corrected chi connectivity index (χ2v) is 4.76. The van der Waals surface area contributed by atoms with Crippen LogP contribution in [0.3, 0.4) is 0 Å². The summed E-state index contributed by atoms with van der Waals surface area (Å²) in [5.74, 6) is 0.283. The molecule has 0 aromatic carbocycles. The second-order valence-electron chi connectivity index (χ2n) is 4.76. The van der Waals surface area contributed by atoms with E-state index >= 15 is 0 Å². The molecule has 3 amide bonds. The summed E-state index contributed by atoms with van der Waals surface area (Å²) in [7, 11) is 0. The number of aryl methyl sites for hydroxylation is 2. The molecule has 2 unspecified atom stereocenters. The highest BCUT2D eigenvalue weighted by Crippen LogP contribution is 2.28. The van der Waals surface area contributed by atoms with E-state index in [9.17, 15) is 9.59 Å². The van der Waals surface area contributed by atoms with Crippen molar-refractivity contribution in [3.63, 3.8) is 0 Å². The van der Waals surface area contributed by atoms with E-state index in [0.29, 0.717) is 12.3 Å². The average molecular weight is 251 g/mol. The number of amides is 3. The van der Waals surface area contributed by atoms with E-state index in [0.717, 1.165) is 11.3 Å². The van der Waals surface area contributed by atoms with Crippen molar-refractivity contribution in [1.82, 2.24) is 15.4 Å². The summed E-state index contributed by atoms with van der Waals surface area (Å²) >= 11 is 0. The Morgan fingerprint density at radius 1 is 1.44 bits per heavy atom. The minimum absolute atomic E-state index is 0.160. The number of nitrogens with one attached hydrogen (secondary N) is 1. The van der Waals surface area contributed by atoms with Gasteiger partial charge in [0.1, 0.15) is 5.76 Å². The van der Waals surface area contributed by atoms with Crippen molar-refractivity contribution in [2.75, 3.05) is 6.54 Å². The fourth-order valence-electron chi connectivity index (χ4n) is 2.34. The van der Waals surface area contributed by atoms with Crippen LogP contribution in [-0.2, 0) is 4.79 Å². The van der Waals surface area contributed by atoms with Crippen molar-refractivity contribution in [2.24, 2.45) is 5.92 Å². The van der Waals surface area contributed by atoms with E-state index in [1.54, 1.807) is 11.8 Å². The second kappa shape index (κ2) is 4.44. The first kappa shape index (κ1) is 12.6. The first-order valence-corrected chi connectivity index (χ1v) is 5.96. The van der Waals surface area contributed by atoms with E-state index in [-0.39, 0.29) is 23.9 Å². The molecular formula is C12H17N3O3. The van der Waals surface area contributed by atoms with E-state index in [1.807, 2.05) is 20.8 Å². The zero-order chi connectivity index (χ0) is 13.4. The van der Waals surface area contributed by atoms with Gasteiger partial charge in [0, 0.05) is 12.1 Å². The molecule has 1 fully saturated rings. The molecule has 6 heteroatoms. The SMILES string of the molecule is Cc1noc(C)c1C(C)N1CC(C)C(=O)NC1=O. The summed E-state index contributed by atoms with van der Waals surface area (Å²) in [5.41, 5.74) is 1.68. The molecule has 0 spiro atoms. The van der Waals surface area contributed by atoms with Gasteiger partial charge in [-0.2, -0.15) is 0 Å². The summed E-state index contributed by atoms with van der Waals surface area (Å²) in [6.07, 6.45) is 0. The van der Waals surface area contributed by atoms with Gasteiger partial charge in [-0.05, 0) is 20.8 Å². The predicted octanol–water partition coefficient (Wildman–Crippen LogP) is 1.54. The smallest absolute Gasteiger partial charge is 0.324 e. The van der Waals surface area contributed by atoms with Gasteiger partial charge in [-0.3, -0.25) is 10.1 Å². The molecule has 2 atom stereocenters. The Kier molecular flexibility index (Phi) is 3.11. The lowest BCUT2D eigenvalue weighted by Crippen LogP contribution is -2.54. The van der Waals surface area contributed by atoms with Crippen LogP contribution in [0.5, 0.6) is 0 Å². The molecule has 2 rings (SSSR count). The lowest BCUT2D eigenvalue weighted by Gasteiger charge is -2.34. The van der Waals surface area contributed by atoms with Crippen molar-refractivity contribution in [1.29, 1.82) is 0 Å². The maximum Gasteiger partial charge on any atom is 0.324 e. The molecular weight excluding hydrogens is 234 g/mol. The minimum Gasteiger partial charge on any atom is -0.361 e. The number of nitrogens with zero attached hydrogens (tertiary/aromatic N) is 2. The number of hydrogen-bond acceptors (Lipinski definition) is 4. The van der Waals surface area contributed by atoms with Gasteiger partial charge in [0.05, 0.1) is 17.7 Å². The number of urea groups is 1. The summed E-state index contributed by atoms with van der Waals surface area (Å²) in [5, 5.41) is 6.25. The van der Waals surface area contributed by atoms with Crippen LogP contribution in [0.1, 0.15) is 36.9 Å². The van der Waals surface area contributed by atoms with Gasteiger partial charge >= 0.3 is 6.03 Å². The van der Waals surface area contributed by atoms with Crippen LogP contribution in [0.15, 0.2) is 4.52 Å². The highest BCUT2D eigenvalue weighted by Gasteiger charge is 2.34. The summed E-state index contributed by atoms with van der Waals surface area (Å²) in [6, 6.07) is -0.516. The van der Waals surface area contributed by atoms with E-state index in [4.69, 9.17) is 4.52 Å². The van der Waals surface area contributed by atoms with Gasteiger partial charge in [0.25, 0.3) is 0 Å². The van der Waals surface area contributed by atoms with Crippen molar-refractivity contribution in [3.8, 4) is 0 Å². The van der Waals surface area contributed by atoms with Gasteiger partial charge in [-0.25, -0.2) is 4.79 Å². The summed E-state index contributed by atoms with van der Waals surface area (Å²) in [4.78, 5) is 24.9. The fourth-order valence-corrected chi connectivity index (χ4v) is 2.34. The maximum absolute atomic E-state index is 11.9. The first-order chi connectivity index (χ1) is 8.41. The van der Waals surface area contributed by atoms with Crippen LogP contribution >= 0.6 is 0 Å². The third-order valence-corrected chi connectivity index (χ3v) is 3.38. The number of carbonyl (C=O) groups excluding carboxylic acids is 2. The van der Waals surface area contributed by atoms with Crippen LogP contribution in [0, 0.1) is 19.8 Å². The molecule has 1 saturated heterocycles. The van der Waals surface area contributed by atoms with Crippen LogP contribution < -0.4 is 5.32 Å². The van der Waals surface area contributed by atoms with Crippen molar-refractivity contribution in [2.45, 2.75) is 33.7 Å². The van der Waals surface area contributed by atoms with Crippen molar-refractivity contribution >= 4 is 11.9 Å². The Morgan fingerprint density at radius 3 is 2.67 bits per heavy atom. The number of carbonyl (C=O) groups is 2. The molecule has 0 saturated carbocycles. The highest BCUT2D eigenvalue weighted by atomic mass is 16.5. The fraction of sp³-hybridized carbons (Fsp3) is 0.583. The topological polar surface area (TPSA) is 75.4 Å². The molecule has 1 N–H and O–H groups in total. The van der Waals surface area contributed by atoms with E-state index in [2.05, 4.69) is 10.5 Å². The first-order valence-electron chi connectivity index (χ1n) is 5.96. The van der Waals surface area contributed by atoms with Crippen molar-refractivity contribution in [3.05, 3.63) is 17.0 Å². The van der Waals surface area contributed by atoms with E-state index in [1.165, 1.54) is 0 Å². The standard InChI is InChI=1S/C12H17N3O3/c1-6-5-15(12(17)13-11(6)16)8(3)10-7(2)14-18-9(10)4/h6,8H,5H2,1-4H3,(H,13,16,17). The molecule has 1 aliphatic heterocycles. The molecule has 1 aliphatic rings. The van der Waals surface area contributed by atoms with E-state index < -0.39 is 0 Å². The van der Waals surface area contributed by atoms with Gasteiger partial charge in [0.15, 0.2) is 0 Å². The Balaban J connectivity index is 2.26. The van der Waals surface area contributed by atoms with Gasteiger partial charge < -0.3 is 9.42 Å². The lowest BCUT2D eigenvalue weighted by atomic mass is 10.0. The molecule has 1 aromatic rings. The molecule has 6 nitrogen and oxygen atoms in total. The molecule has 2 heterocycles. The molecule has 0 radical (unpaired) electrons. The number of hydrogen-bond donors (Lipinski definition) is 1. The Labute approximate surface area is 105 Å². The molecule has 18 heavy (non-hydrogen) atoms. The largest absolute Gasteiger partial charge is 0.361 e. The van der Waals surface area contributed by atoms with Crippen LogP contribution in [-0.4, -0.2) is 28.5 Å². The Morgan fingerprint density at radius 2 is 2.11 bits per heavy atom. The average Bonchev–Trinajstić information content (AvgIpc) is 2.63. The normalized spacial score (nSPS) is 22.0.